The highest BCUT2D eigenvalue weighted by atomic mass is 13.9. The van der Waals surface area contributed by atoms with Crippen molar-refractivity contribution < 1.29 is 0 Å². The van der Waals surface area contributed by atoms with Crippen LogP contribution in [0.15, 0.2) is 97.1 Å². The first-order chi connectivity index (χ1) is 11.9. The van der Waals surface area contributed by atoms with Crippen molar-refractivity contribution in [1.29, 1.82) is 0 Å². The van der Waals surface area contributed by atoms with Gasteiger partial charge < -0.3 is 0 Å². The van der Waals surface area contributed by atoms with Gasteiger partial charge in [-0.15, -0.1) is 0 Å². The van der Waals surface area contributed by atoms with Crippen LogP contribution < -0.4 is 0 Å². The van der Waals surface area contributed by atoms with Crippen LogP contribution in [0, 0.1) is 0 Å². The molecule has 0 aromatic heterocycles. The molecule has 3 rings (SSSR count). The zero-order valence-corrected chi connectivity index (χ0v) is 15.1. The SMILES string of the molecule is CCCc1ccccc1.CCCc1ccccc1.c1ccccc1. The van der Waals surface area contributed by atoms with Crippen LogP contribution in [-0.2, 0) is 12.8 Å². The standard InChI is InChI=1S/2C9H12.C6H6/c2*1-2-6-9-7-4-3-5-8-9;1-2-4-6-5-3-1/h2*3-5,7-8H,2,6H2,1H3;1-6H. The summed E-state index contributed by atoms with van der Waals surface area (Å²) in [5.41, 5.74) is 2.89. The predicted molar refractivity (Wildman–Crippen MR) is 107 cm³/mol. The fourth-order valence-electron chi connectivity index (χ4n) is 2.25. The van der Waals surface area contributed by atoms with Crippen LogP contribution in [0.2, 0.25) is 0 Å². The molecule has 0 saturated carbocycles. The molecule has 0 radical (unpaired) electrons. The Bertz CT molecular complexity index is 517. The van der Waals surface area contributed by atoms with E-state index >= 15 is 0 Å². The van der Waals surface area contributed by atoms with E-state index in [1.807, 2.05) is 36.4 Å². The topological polar surface area (TPSA) is 0 Å². The van der Waals surface area contributed by atoms with Crippen LogP contribution in [0.3, 0.4) is 0 Å². The van der Waals surface area contributed by atoms with Gasteiger partial charge in [-0.2, -0.15) is 0 Å². The minimum atomic E-state index is 1.21. The van der Waals surface area contributed by atoms with E-state index in [-0.39, 0.29) is 0 Å². The van der Waals surface area contributed by atoms with E-state index < -0.39 is 0 Å². The van der Waals surface area contributed by atoms with Crippen molar-refractivity contribution in [3.05, 3.63) is 108 Å². The molecule has 3 aromatic rings. The zero-order valence-electron chi connectivity index (χ0n) is 15.1. The third-order valence-corrected chi connectivity index (χ3v) is 3.43. The molecule has 0 amide bonds. The fraction of sp³-hybridized carbons (Fsp3) is 0.250. The third-order valence-electron chi connectivity index (χ3n) is 3.43. The summed E-state index contributed by atoms with van der Waals surface area (Å²) in [5.74, 6) is 0. The molecule has 0 bridgehead atoms. The van der Waals surface area contributed by atoms with E-state index in [1.165, 1.54) is 36.8 Å². The van der Waals surface area contributed by atoms with E-state index in [1.54, 1.807) is 0 Å². The van der Waals surface area contributed by atoms with Gasteiger partial charge in [-0.3, -0.25) is 0 Å². The molecule has 3 aromatic carbocycles. The lowest BCUT2D eigenvalue weighted by Gasteiger charge is -1.93. The van der Waals surface area contributed by atoms with Crippen LogP contribution in [0.25, 0.3) is 0 Å². The molecule has 126 valence electrons. The Morgan fingerprint density at radius 2 is 0.667 bits per heavy atom. The average Bonchev–Trinajstić information content (AvgIpc) is 2.67. The second-order valence-electron chi connectivity index (χ2n) is 5.63. The quantitative estimate of drug-likeness (QED) is 0.487. The Morgan fingerprint density at radius 1 is 0.417 bits per heavy atom. The van der Waals surface area contributed by atoms with E-state index in [4.69, 9.17) is 0 Å². The summed E-state index contributed by atoms with van der Waals surface area (Å²) in [4.78, 5) is 0. The highest BCUT2D eigenvalue weighted by Gasteiger charge is 1.85. The molecular formula is C24H30. The van der Waals surface area contributed by atoms with E-state index in [0.29, 0.717) is 0 Å². The molecule has 0 aliphatic carbocycles. The highest BCUT2D eigenvalue weighted by molar-refractivity contribution is 5.15. The second-order valence-corrected chi connectivity index (χ2v) is 5.63. The first kappa shape index (κ1) is 19.7. The Hall–Kier alpha value is -2.34. The molecule has 24 heavy (non-hydrogen) atoms. The maximum absolute atomic E-state index is 2.20. The summed E-state index contributed by atoms with van der Waals surface area (Å²) in [6.07, 6.45) is 4.90. The Kier molecular flexibility index (Phi) is 11.7. The minimum Gasteiger partial charge on any atom is -0.0651 e. The van der Waals surface area contributed by atoms with Gasteiger partial charge in [0.2, 0.25) is 0 Å². The van der Waals surface area contributed by atoms with Gasteiger partial charge in [0.1, 0.15) is 0 Å². The van der Waals surface area contributed by atoms with Crippen molar-refractivity contribution in [3.8, 4) is 0 Å². The normalized spacial score (nSPS) is 9.08. The Morgan fingerprint density at radius 3 is 0.917 bits per heavy atom. The molecule has 0 spiro atoms. The fourth-order valence-corrected chi connectivity index (χ4v) is 2.25. The molecular weight excluding hydrogens is 288 g/mol. The van der Waals surface area contributed by atoms with Crippen LogP contribution >= 0.6 is 0 Å². The van der Waals surface area contributed by atoms with Gasteiger partial charge in [-0.05, 0) is 24.0 Å². The van der Waals surface area contributed by atoms with Gasteiger partial charge in [0.15, 0.2) is 0 Å². The smallest absolute Gasteiger partial charge is 0.0281 e. The lowest BCUT2D eigenvalue weighted by molar-refractivity contribution is 0.922. The van der Waals surface area contributed by atoms with Gasteiger partial charge in [0, 0.05) is 0 Å². The predicted octanol–water partition coefficient (Wildman–Crippen LogP) is 6.96. The van der Waals surface area contributed by atoms with Crippen molar-refractivity contribution in [2.75, 3.05) is 0 Å². The highest BCUT2D eigenvalue weighted by Crippen LogP contribution is 2.01. The van der Waals surface area contributed by atoms with Crippen LogP contribution in [0.5, 0.6) is 0 Å². The molecule has 0 aliphatic heterocycles. The first-order valence-corrected chi connectivity index (χ1v) is 8.94. The monoisotopic (exact) mass is 318 g/mol. The van der Waals surface area contributed by atoms with E-state index in [0.717, 1.165) is 0 Å². The summed E-state index contributed by atoms with van der Waals surface area (Å²) < 4.78 is 0. The van der Waals surface area contributed by atoms with Gasteiger partial charge in [0.25, 0.3) is 0 Å². The summed E-state index contributed by atoms with van der Waals surface area (Å²) in [6.45, 7) is 4.40. The summed E-state index contributed by atoms with van der Waals surface area (Å²) in [7, 11) is 0. The molecule has 0 saturated heterocycles. The lowest BCUT2D eigenvalue weighted by Crippen LogP contribution is -1.78. The van der Waals surface area contributed by atoms with Crippen molar-refractivity contribution in [2.45, 2.75) is 39.5 Å². The van der Waals surface area contributed by atoms with Gasteiger partial charge in [0.05, 0.1) is 0 Å². The van der Waals surface area contributed by atoms with E-state index in [2.05, 4.69) is 74.5 Å². The average molecular weight is 319 g/mol. The number of hydrogen-bond acceptors (Lipinski definition) is 0. The summed E-state index contributed by atoms with van der Waals surface area (Å²) >= 11 is 0. The van der Waals surface area contributed by atoms with Gasteiger partial charge >= 0.3 is 0 Å². The van der Waals surface area contributed by atoms with Crippen molar-refractivity contribution in [1.82, 2.24) is 0 Å². The lowest BCUT2D eigenvalue weighted by atomic mass is 10.1. The number of benzene rings is 3. The Labute approximate surface area is 148 Å². The molecule has 0 heterocycles. The first-order valence-electron chi connectivity index (χ1n) is 8.94. The van der Waals surface area contributed by atoms with Crippen molar-refractivity contribution >= 4 is 0 Å². The number of aryl methyl sites for hydroxylation is 2. The van der Waals surface area contributed by atoms with E-state index in [9.17, 15) is 0 Å². The molecule has 0 nitrogen and oxygen atoms in total. The number of hydrogen-bond donors (Lipinski definition) is 0. The second kappa shape index (κ2) is 14.3. The molecule has 0 unspecified atom stereocenters. The zero-order chi connectivity index (χ0) is 17.3. The van der Waals surface area contributed by atoms with Crippen LogP contribution in [0.1, 0.15) is 37.8 Å². The summed E-state index contributed by atoms with van der Waals surface area (Å²) in [6, 6.07) is 33.1. The molecule has 0 fully saturated rings. The van der Waals surface area contributed by atoms with Crippen LogP contribution in [-0.4, -0.2) is 0 Å². The third kappa shape index (κ3) is 10.4. The summed E-state index contributed by atoms with van der Waals surface area (Å²) in [5, 5.41) is 0. The largest absolute Gasteiger partial charge is 0.0651 e. The molecule has 0 atom stereocenters. The molecule has 0 aliphatic rings. The maximum Gasteiger partial charge on any atom is -0.0281 e. The Balaban J connectivity index is 0.000000184. The van der Waals surface area contributed by atoms with Crippen LogP contribution in [0.4, 0.5) is 0 Å². The van der Waals surface area contributed by atoms with Crippen molar-refractivity contribution in [3.63, 3.8) is 0 Å². The molecule has 0 N–H and O–H groups in total. The minimum absolute atomic E-state index is 1.21. The van der Waals surface area contributed by atoms with Gasteiger partial charge in [-0.1, -0.05) is 124 Å². The van der Waals surface area contributed by atoms with Crippen molar-refractivity contribution in [2.24, 2.45) is 0 Å². The molecule has 0 heteroatoms. The maximum atomic E-state index is 2.20. The van der Waals surface area contributed by atoms with Gasteiger partial charge in [-0.25, -0.2) is 0 Å². The number of rotatable bonds is 4.